The van der Waals surface area contributed by atoms with Gasteiger partial charge in [0.2, 0.25) is 5.91 Å². The van der Waals surface area contributed by atoms with E-state index in [2.05, 4.69) is 10.1 Å². The van der Waals surface area contributed by atoms with Gasteiger partial charge in [-0.25, -0.2) is 4.79 Å². The van der Waals surface area contributed by atoms with E-state index in [1.54, 1.807) is 38.1 Å². The maximum absolute atomic E-state index is 11.4. The van der Waals surface area contributed by atoms with Crippen molar-refractivity contribution in [3.05, 3.63) is 41.5 Å². The molecular weight excluding hydrogens is 218 g/mol. The van der Waals surface area contributed by atoms with Crippen molar-refractivity contribution in [2.45, 2.75) is 13.8 Å². The number of amides is 1. The molecule has 0 heterocycles. The Bertz CT molecular complexity index is 464. The van der Waals surface area contributed by atoms with E-state index in [0.29, 0.717) is 16.8 Å². The van der Waals surface area contributed by atoms with Crippen LogP contribution in [-0.4, -0.2) is 19.0 Å². The van der Waals surface area contributed by atoms with Crippen molar-refractivity contribution in [3.8, 4) is 0 Å². The number of hydrogen-bond donors (Lipinski definition) is 1. The summed E-state index contributed by atoms with van der Waals surface area (Å²) in [7, 11) is 1.33. The van der Waals surface area contributed by atoms with Crippen molar-refractivity contribution in [1.29, 1.82) is 0 Å². The van der Waals surface area contributed by atoms with E-state index in [-0.39, 0.29) is 5.91 Å². The van der Waals surface area contributed by atoms with Crippen LogP contribution in [0.1, 0.15) is 22.8 Å². The molecule has 1 amide bonds. The summed E-state index contributed by atoms with van der Waals surface area (Å²) in [5.74, 6) is -0.637. The lowest BCUT2D eigenvalue weighted by Crippen LogP contribution is -2.11. The van der Waals surface area contributed by atoms with Gasteiger partial charge in [-0.1, -0.05) is 12.1 Å². The van der Waals surface area contributed by atoms with E-state index >= 15 is 0 Å². The summed E-state index contributed by atoms with van der Waals surface area (Å²) in [5, 5.41) is 2.70. The molecule has 0 fully saturated rings. The molecule has 17 heavy (non-hydrogen) atoms. The number of hydrogen-bond acceptors (Lipinski definition) is 3. The normalized spacial score (nSPS) is 10.3. The van der Waals surface area contributed by atoms with Gasteiger partial charge in [-0.2, -0.15) is 0 Å². The highest BCUT2D eigenvalue weighted by Gasteiger charge is 2.12. The predicted molar refractivity (Wildman–Crippen MR) is 66.0 cm³/mol. The zero-order valence-corrected chi connectivity index (χ0v) is 10.1. The Morgan fingerprint density at radius 1 is 1.35 bits per heavy atom. The van der Waals surface area contributed by atoms with Gasteiger partial charge in [-0.05, 0) is 37.6 Å². The van der Waals surface area contributed by atoms with Crippen LogP contribution in [0, 0.1) is 6.92 Å². The molecule has 0 aliphatic carbocycles. The average molecular weight is 233 g/mol. The van der Waals surface area contributed by atoms with Crippen LogP contribution in [0.2, 0.25) is 0 Å². The molecule has 0 unspecified atom stereocenters. The smallest absolute Gasteiger partial charge is 0.338 e. The molecule has 1 N–H and O–H groups in total. The van der Waals surface area contributed by atoms with Gasteiger partial charge in [0.05, 0.1) is 12.7 Å². The highest BCUT2D eigenvalue weighted by molar-refractivity contribution is 6.01. The highest BCUT2D eigenvalue weighted by Crippen LogP contribution is 2.19. The lowest BCUT2D eigenvalue weighted by molar-refractivity contribution is -0.111. The number of ether oxygens (including phenoxy) is 1. The number of carbonyl (C=O) groups excluding carboxylic acids is 2. The second-order valence-electron chi connectivity index (χ2n) is 3.46. The second-order valence-corrected chi connectivity index (χ2v) is 3.46. The van der Waals surface area contributed by atoms with Crippen molar-refractivity contribution < 1.29 is 14.3 Å². The predicted octanol–water partition coefficient (Wildman–Crippen LogP) is 2.30. The molecule has 1 aromatic carbocycles. The molecule has 0 spiro atoms. The monoisotopic (exact) mass is 233 g/mol. The Kier molecular flexibility index (Phi) is 4.46. The third-order valence-electron chi connectivity index (χ3n) is 2.32. The Morgan fingerprint density at radius 2 is 2.06 bits per heavy atom. The molecule has 90 valence electrons. The Hall–Kier alpha value is -2.10. The molecule has 0 bridgehead atoms. The highest BCUT2D eigenvalue weighted by atomic mass is 16.5. The number of esters is 1. The van der Waals surface area contributed by atoms with Gasteiger partial charge in [-0.3, -0.25) is 4.79 Å². The van der Waals surface area contributed by atoms with Crippen LogP contribution in [0.4, 0.5) is 5.69 Å². The maximum atomic E-state index is 11.4. The molecule has 0 saturated carbocycles. The van der Waals surface area contributed by atoms with Crippen LogP contribution in [0.25, 0.3) is 0 Å². The van der Waals surface area contributed by atoms with Crippen LogP contribution >= 0.6 is 0 Å². The quantitative estimate of drug-likeness (QED) is 0.643. The topological polar surface area (TPSA) is 55.4 Å². The van der Waals surface area contributed by atoms with Crippen molar-refractivity contribution in [2.75, 3.05) is 12.4 Å². The maximum Gasteiger partial charge on any atom is 0.338 e. The number of anilines is 1. The van der Waals surface area contributed by atoms with Crippen LogP contribution in [0.5, 0.6) is 0 Å². The summed E-state index contributed by atoms with van der Waals surface area (Å²) < 4.78 is 4.66. The van der Waals surface area contributed by atoms with E-state index in [0.717, 1.165) is 0 Å². The first-order chi connectivity index (χ1) is 8.10. The molecule has 0 atom stereocenters. The minimum atomic E-state index is -0.412. The summed E-state index contributed by atoms with van der Waals surface area (Å²) in [6.07, 6.45) is 3.07. The lowest BCUT2D eigenvalue weighted by Gasteiger charge is -2.09. The first kappa shape index (κ1) is 13.0. The zero-order chi connectivity index (χ0) is 12.8. The fraction of sp³-hybridized carbons (Fsp3) is 0.231. The third-order valence-corrected chi connectivity index (χ3v) is 2.32. The fourth-order valence-corrected chi connectivity index (χ4v) is 1.43. The summed E-state index contributed by atoms with van der Waals surface area (Å²) in [5.41, 5.74) is 1.75. The van der Waals surface area contributed by atoms with E-state index in [9.17, 15) is 9.59 Å². The minimum Gasteiger partial charge on any atom is -0.465 e. The molecule has 4 nitrogen and oxygen atoms in total. The van der Waals surface area contributed by atoms with Gasteiger partial charge in [0.1, 0.15) is 0 Å². The standard InChI is InChI=1S/C13H15NO3/c1-4-6-12(15)14-11-8-5-7-10(9(11)2)13(16)17-3/h4-8H,1-3H3,(H,14,15). The molecule has 0 aromatic heterocycles. The summed E-state index contributed by atoms with van der Waals surface area (Å²) in [4.78, 5) is 22.9. The van der Waals surface area contributed by atoms with Crippen LogP contribution in [0.3, 0.4) is 0 Å². The molecule has 0 aliphatic heterocycles. The number of allylic oxidation sites excluding steroid dienone is 1. The van der Waals surface area contributed by atoms with Crippen LogP contribution in [-0.2, 0) is 9.53 Å². The lowest BCUT2D eigenvalue weighted by atomic mass is 10.1. The summed E-state index contributed by atoms with van der Waals surface area (Å²) in [6, 6.07) is 5.10. The second kappa shape index (κ2) is 5.84. The average Bonchev–Trinajstić information content (AvgIpc) is 2.31. The Labute approximate surface area is 100 Å². The number of rotatable bonds is 3. The SMILES string of the molecule is CC=CC(=O)Nc1cccc(C(=O)OC)c1C. The summed E-state index contributed by atoms with van der Waals surface area (Å²) in [6.45, 7) is 3.52. The molecular formula is C13H15NO3. The first-order valence-corrected chi connectivity index (χ1v) is 5.21. The van der Waals surface area contributed by atoms with Gasteiger partial charge >= 0.3 is 5.97 Å². The van der Waals surface area contributed by atoms with Crippen molar-refractivity contribution >= 4 is 17.6 Å². The third kappa shape index (κ3) is 3.17. The van der Waals surface area contributed by atoms with Crippen molar-refractivity contribution in [3.63, 3.8) is 0 Å². The van der Waals surface area contributed by atoms with Gasteiger partial charge in [0, 0.05) is 5.69 Å². The van der Waals surface area contributed by atoms with Crippen LogP contribution < -0.4 is 5.32 Å². The number of benzene rings is 1. The van der Waals surface area contributed by atoms with Gasteiger partial charge < -0.3 is 10.1 Å². The summed E-state index contributed by atoms with van der Waals surface area (Å²) >= 11 is 0. The van der Waals surface area contributed by atoms with Gasteiger partial charge in [0.15, 0.2) is 0 Å². The molecule has 1 aromatic rings. The van der Waals surface area contributed by atoms with Crippen molar-refractivity contribution in [1.82, 2.24) is 0 Å². The largest absolute Gasteiger partial charge is 0.465 e. The number of nitrogens with one attached hydrogen (secondary N) is 1. The van der Waals surface area contributed by atoms with Crippen molar-refractivity contribution in [2.24, 2.45) is 0 Å². The molecule has 0 aliphatic rings. The van der Waals surface area contributed by atoms with Gasteiger partial charge in [0.25, 0.3) is 0 Å². The fourth-order valence-electron chi connectivity index (χ4n) is 1.43. The molecule has 4 heteroatoms. The van der Waals surface area contributed by atoms with E-state index in [1.807, 2.05) is 0 Å². The van der Waals surface area contributed by atoms with E-state index in [4.69, 9.17) is 0 Å². The molecule has 0 saturated heterocycles. The Balaban J connectivity index is 3.02. The van der Waals surface area contributed by atoms with E-state index in [1.165, 1.54) is 13.2 Å². The van der Waals surface area contributed by atoms with E-state index < -0.39 is 5.97 Å². The minimum absolute atomic E-state index is 0.224. The number of carbonyl (C=O) groups is 2. The zero-order valence-electron chi connectivity index (χ0n) is 10.1. The molecule has 0 radical (unpaired) electrons. The van der Waals surface area contributed by atoms with Gasteiger partial charge in [-0.15, -0.1) is 0 Å². The molecule has 1 rings (SSSR count). The van der Waals surface area contributed by atoms with Crippen LogP contribution in [0.15, 0.2) is 30.4 Å². The Morgan fingerprint density at radius 3 is 2.65 bits per heavy atom. The number of methoxy groups -OCH3 is 1. The first-order valence-electron chi connectivity index (χ1n) is 5.21.